The summed E-state index contributed by atoms with van der Waals surface area (Å²) in [6, 6.07) is 0. The maximum atomic E-state index is 2.45. The van der Waals surface area contributed by atoms with E-state index in [1.165, 1.54) is 19.3 Å². The van der Waals surface area contributed by atoms with Crippen LogP contribution >= 0.6 is 0 Å². The van der Waals surface area contributed by atoms with Crippen molar-refractivity contribution in [1.82, 2.24) is 0 Å². The monoisotopic (exact) mass is 242 g/mol. The second-order valence-electron chi connectivity index (χ2n) is 6.23. The molecule has 0 saturated heterocycles. The van der Waals surface area contributed by atoms with Gasteiger partial charge in [0.15, 0.2) is 0 Å². The third kappa shape index (κ3) is 9.68. The van der Waals surface area contributed by atoms with E-state index in [0.29, 0.717) is 0 Å². The molecule has 0 heterocycles. The summed E-state index contributed by atoms with van der Waals surface area (Å²) in [5, 5.41) is 0. The first-order valence-corrected chi connectivity index (χ1v) is 7.88. The van der Waals surface area contributed by atoms with Gasteiger partial charge in [0.25, 0.3) is 0 Å². The normalized spacial score (nSPS) is 16.4. The molecule has 0 aliphatic heterocycles. The summed E-state index contributed by atoms with van der Waals surface area (Å²) in [6.07, 6.45) is 4.16. The Balaban J connectivity index is 0. The molecule has 0 nitrogen and oxygen atoms in total. The van der Waals surface area contributed by atoms with Crippen molar-refractivity contribution < 1.29 is 0 Å². The van der Waals surface area contributed by atoms with Crippen LogP contribution < -0.4 is 0 Å². The fraction of sp³-hybridized carbons (Fsp3) is 1.00. The SMILES string of the molecule is CC.CCC(CC(C)C)C(C)CC(C)C(C)C. The Morgan fingerprint density at radius 1 is 0.706 bits per heavy atom. The smallest absolute Gasteiger partial charge is 0.0389 e. The fourth-order valence-electron chi connectivity index (χ4n) is 2.46. The Bertz CT molecular complexity index is 146. The second-order valence-corrected chi connectivity index (χ2v) is 6.23. The van der Waals surface area contributed by atoms with E-state index in [2.05, 4.69) is 48.5 Å². The van der Waals surface area contributed by atoms with Crippen LogP contribution in [-0.2, 0) is 0 Å². The van der Waals surface area contributed by atoms with Crippen LogP contribution in [0.3, 0.4) is 0 Å². The van der Waals surface area contributed by atoms with E-state index in [1.54, 1.807) is 0 Å². The fourth-order valence-corrected chi connectivity index (χ4v) is 2.46. The standard InChI is InChI=1S/C15H32.C2H6/c1-8-15(9-11(2)3)14(7)10-13(6)12(4)5;1-2/h11-15H,8-10H2,1-7H3;1-2H3. The molecule has 0 aliphatic carbocycles. The molecule has 0 amide bonds. The van der Waals surface area contributed by atoms with Crippen LogP contribution in [0.15, 0.2) is 0 Å². The maximum absolute atomic E-state index is 2.45. The van der Waals surface area contributed by atoms with Gasteiger partial charge in [-0.25, -0.2) is 0 Å². The van der Waals surface area contributed by atoms with E-state index < -0.39 is 0 Å². The first-order chi connectivity index (χ1) is 7.88. The van der Waals surface area contributed by atoms with Crippen molar-refractivity contribution in [2.45, 2.75) is 81.6 Å². The minimum Gasteiger partial charge on any atom is -0.0683 e. The Hall–Kier alpha value is 0. The summed E-state index contributed by atoms with van der Waals surface area (Å²) in [6.45, 7) is 20.6. The van der Waals surface area contributed by atoms with Gasteiger partial charge >= 0.3 is 0 Å². The summed E-state index contributed by atoms with van der Waals surface area (Å²) in [5.74, 6) is 4.40. The third-order valence-corrected chi connectivity index (χ3v) is 3.98. The molecule has 0 bridgehead atoms. The molecular weight excluding hydrogens is 204 g/mol. The van der Waals surface area contributed by atoms with E-state index in [1.807, 2.05) is 13.8 Å². The van der Waals surface area contributed by atoms with Crippen LogP contribution in [0.25, 0.3) is 0 Å². The highest BCUT2D eigenvalue weighted by atomic mass is 14.3. The number of rotatable bonds is 7. The van der Waals surface area contributed by atoms with Crippen LogP contribution in [0.1, 0.15) is 81.6 Å². The van der Waals surface area contributed by atoms with Crippen molar-refractivity contribution in [1.29, 1.82) is 0 Å². The van der Waals surface area contributed by atoms with Crippen molar-refractivity contribution in [3.05, 3.63) is 0 Å². The van der Waals surface area contributed by atoms with E-state index in [9.17, 15) is 0 Å². The molecule has 0 aliphatic rings. The van der Waals surface area contributed by atoms with Crippen LogP contribution in [-0.4, -0.2) is 0 Å². The molecule has 0 fully saturated rings. The Morgan fingerprint density at radius 2 is 1.18 bits per heavy atom. The molecule has 0 saturated carbocycles. The molecule has 0 aromatic heterocycles. The van der Waals surface area contributed by atoms with E-state index in [4.69, 9.17) is 0 Å². The number of hydrogen-bond donors (Lipinski definition) is 0. The molecular formula is C17H38. The lowest BCUT2D eigenvalue weighted by Crippen LogP contribution is -2.18. The molecule has 0 heteroatoms. The molecule has 0 radical (unpaired) electrons. The average Bonchev–Trinajstić information content (AvgIpc) is 2.27. The molecule has 17 heavy (non-hydrogen) atoms. The van der Waals surface area contributed by atoms with Crippen molar-refractivity contribution in [3.63, 3.8) is 0 Å². The topological polar surface area (TPSA) is 0 Å². The minimum absolute atomic E-state index is 0.837. The van der Waals surface area contributed by atoms with Gasteiger partial charge in [0.2, 0.25) is 0 Å². The van der Waals surface area contributed by atoms with E-state index in [0.717, 1.165) is 29.6 Å². The Labute approximate surface area is 112 Å². The summed E-state index contributed by atoms with van der Waals surface area (Å²) < 4.78 is 0. The van der Waals surface area contributed by atoms with Gasteiger partial charge in [0.05, 0.1) is 0 Å². The first kappa shape index (κ1) is 19.3. The van der Waals surface area contributed by atoms with Crippen molar-refractivity contribution in [3.8, 4) is 0 Å². The van der Waals surface area contributed by atoms with Gasteiger partial charge in [-0.05, 0) is 42.4 Å². The van der Waals surface area contributed by atoms with Crippen LogP contribution in [0.5, 0.6) is 0 Å². The zero-order valence-corrected chi connectivity index (χ0v) is 14.0. The molecule has 0 aromatic rings. The third-order valence-electron chi connectivity index (χ3n) is 3.98. The van der Waals surface area contributed by atoms with Gasteiger partial charge in [-0.1, -0.05) is 68.7 Å². The summed E-state index contributed by atoms with van der Waals surface area (Å²) in [7, 11) is 0. The first-order valence-electron chi connectivity index (χ1n) is 7.88. The lowest BCUT2D eigenvalue weighted by molar-refractivity contribution is 0.227. The van der Waals surface area contributed by atoms with Gasteiger partial charge < -0.3 is 0 Å². The van der Waals surface area contributed by atoms with Crippen molar-refractivity contribution >= 4 is 0 Å². The number of hydrogen-bond acceptors (Lipinski definition) is 0. The highest BCUT2D eigenvalue weighted by molar-refractivity contribution is 4.70. The summed E-state index contributed by atoms with van der Waals surface area (Å²) >= 11 is 0. The zero-order valence-electron chi connectivity index (χ0n) is 14.0. The van der Waals surface area contributed by atoms with Gasteiger partial charge in [-0.15, -0.1) is 0 Å². The molecule has 0 aromatic carbocycles. The van der Waals surface area contributed by atoms with Gasteiger partial charge in [-0.3, -0.25) is 0 Å². The maximum Gasteiger partial charge on any atom is -0.0389 e. The highest BCUT2D eigenvalue weighted by Gasteiger charge is 2.20. The summed E-state index contributed by atoms with van der Waals surface area (Å²) in [5.41, 5.74) is 0. The minimum atomic E-state index is 0.837. The van der Waals surface area contributed by atoms with Crippen LogP contribution in [0.4, 0.5) is 0 Å². The average molecular weight is 242 g/mol. The van der Waals surface area contributed by atoms with E-state index in [-0.39, 0.29) is 0 Å². The Kier molecular flexibility index (Phi) is 12.6. The molecule has 106 valence electrons. The molecule has 0 rings (SSSR count). The predicted molar refractivity (Wildman–Crippen MR) is 82.4 cm³/mol. The van der Waals surface area contributed by atoms with Gasteiger partial charge in [-0.2, -0.15) is 0 Å². The second kappa shape index (κ2) is 11.1. The lowest BCUT2D eigenvalue weighted by atomic mass is 9.78. The van der Waals surface area contributed by atoms with Gasteiger partial charge in [0, 0.05) is 0 Å². The summed E-state index contributed by atoms with van der Waals surface area (Å²) in [4.78, 5) is 0. The lowest BCUT2D eigenvalue weighted by Gasteiger charge is -2.28. The largest absolute Gasteiger partial charge is 0.0683 e. The van der Waals surface area contributed by atoms with Crippen molar-refractivity contribution in [2.75, 3.05) is 0 Å². The molecule has 0 N–H and O–H groups in total. The van der Waals surface area contributed by atoms with Crippen LogP contribution in [0.2, 0.25) is 0 Å². The van der Waals surface area contributed by atoms with Crippen LogP contribution in [0, 0.1) is 29.6 Å². The Morgan fingerprint density at radius 3 is 1.47 bits per heavy atom. The highest BCUT2D eigenvalue weighted by Crippen LogP contribution is 2.30. The van der Waals surface area contributed by atoms with E-state index >= 15 is 0 Å². The molecule has 3 atom stereocenters. The quantitative estimate of drug-likeness (QED) is 0.484. The van der Waals surface area contributed by atoms with Crippen molar-refractivity contribution in [2.24, 2.45) is 29.6 Å². The zero-order chi connectivity index (χ0) is 14.0. The predicted octanol–water partition coefficient (Wildman–Crippen LogP) is 6.40. The van der Waals surface area contributed by atoms with Gasteiger partial charge in [0.1, 0.15) is 0 Å². The molecule has 3 unspecified atom stereocenters. The molecule has 0 spiro atoms.